The van der Waals surface area contributed by atoms with Crippen LogP contribution in [-0.4, -0.2) is 26.2 Å². The summed E-state index contributed by atoms with van der Waals surface area (Å²) in [4.78, 5) is 25.0. The first kappa shape index (κ1) is 25.8. The molecule has 0 aromatic rings. The van der Waals surface area contributed by atoms with Crippen LogP contribution < -0.4 is 14.7 Å². The molecule has 0 aliphatic heterocycles. The average molecular weight is 512 g/mol. The molecular formula is BiF6O6P3. The van der Waals surface area contributed by atoms with Crippen molar-refractivity contribution in [2.75, 3.05) is 0 Å². The van der Waals surface area contributed by atoms with E-state index in [0.717, 1.165) is 0 Å². The Balaban J connectivity index is -0.0000000655. The van der Waals surface area contributed by atoms with Gasteiger partial charge in [0.25, 0.3) is 0 Å². The minimum Gasteiger partial charge on any atom is -0.749 e. The summed E-state index contributed by atoms with van der Waals surface area (Å²) in [5.74, 6) is 0. The number of rotatable bonds is 0. The Bertz CT molecular complexity index is 214. The van der Waals surface area contributed by atoms with Crippen molar-refractivity contribution in [3.05, 3.63) is 0 Å². The predicted octanol–water partition coefficient (Wildman–Crippen LogP) is 0.801. The van der Waals surface area contributed by atoms with Gasteiger partial charge in [0.2, 0.25) is 0 Å². The zero-order valence-electron chi connectivity index (χ0n) is 6.51. The van der Waals surface area contributed by atoms with E-state index >= 15 is 0 Å². The summed E-state index contributed by atoms with van der Waals surface area (Å²) in [6.45, 7) is 0. The van der Waals surface area contributed by atoms with Crippen LogP contribution in [0.15, 0.2) is 0 Å². The maximum atomic E-state index is 10.0. The van der Waals surface area contributed by atoms with Crippen molar-refractivity contribution in [2.45, 2.75) is 0 Å². The minimum absolute atomic E-state index is 0. The van der Waals surface area contributed by atoms with Gasteiger partial charge in [0.1, 0.15) is 0 Å². The van der Waals surface area contributed by atoms with Crippen molar-refractivity contribution in [1.29, 1.82) is 0 Å². The maximum absolute atomic E-state index is 10.0. The van der Waals surface area contributed by atoms with Crippen molar-refractivity contribution < 1.29 is 53.6 Å². The Morgan fingerprint density at radius 2 is 0.562 bits per heavy atom. The number of halogens is 6. The Labute approximate surface area is 104 Å². The van der Waals surface area contributed by atoms with Gasteiger partial charge in [0.05, 0.1) is 0 Å². The Kier molecular flexibility index (Phi) is 16.1. The third-order valence-corrected chi connectivity index (χ3v) is 0. The summed E-state index contributed by atoms with van der Waals surface area (Å²) in [5, 5.41) is 0. The molecule has 0 fully saturated rings. The van der Waals surface area contributed by atoms with E-state index < -0.39 is 24.0 Å². The van der Waals surface area contributed by atoms with Crippen molar-refractivity contribution in [2.24, 2.45) is 0 Å². The second-order valence-electron chi connectivity index (χ2n) is 1.24. The molecule has 16 heavy (non-hydrogen) atoms. The molecule has 16 heteroatoms. The quantitative estimate of drug-likeness (QED) is 0.269. The van der Waals surface area contributed by atoms with Gasteiger partial charge in [-0.1, -0.05) is 0 Å². The fourth-order valence-electron chi connectivity index (χ4n) is 0. The van der Waals surface area contributed by atoms with Crippen LogP contribution in [-0.2, 0) is 13.7 Å². The maximum Gasteiger partial charge on any atom is 3.00 e. The average Bonchev–Trinajstić information content (AvgIpc) is 1.41. The first-order valence-electron chi connectivity index (χ1n) is 2.11. The molecule has 0 heterocycles. The molecule has 0 aromatic heterocycles. The van der Waals surface area contributed by atoms with Crippen molar-refractivity contribution in [3.63, 3.8) is 0 Å². The summed E-state index contributed by atoms with van der Waals surface area (Å²) < 4.78 is 85.1. The van der Waals surface area contributed by atoms with Crippen molar-refractivity contribution >= 4 is 50.2 Å². The Morgan fingerprint density at radius 3 is 0.562 bits per heavy atom. The first-order valence-corrected chi connectivity index (χ1v) is 6.33. The van der Waals surface area contributed by atoms with Crippen molar-refractivity contribution in [1.82, 2.24) is 0 Å². The van der Waals surface area contributed by atoms with E-state index in [1.165, 1.54) is 0 Å². The van der Waals surface area contributed by atoms with Crippen LogP contribution in [0.2, 0.25) is 0 Å². The van der Waals surface area contributed by atoms with Gasteiger partial charge in [-0.3, -0.25) is 13.7 Å². The fourth-order valence-corrected chi connectivity index (χ4v) is 0. The van der Waals surface area contributed by atoms with E-state index in [2.05, 4.69) is 0 Å². The van der Waals surface area contributed by atoms with E-state index in [9.17, 15) is 25.2 Å². The van der Waals surface area contributed by atoms with E-state index in [1.807, 2.05) is 0 Å². The fraction of sp³-hybridized carbons (Fsp3) is 0. The Morgan fingerprint density at radius 1 is 0.562 bits per heavy atom. The summed E-state index contributed by atoms with van der Waals surface area (Å²) in [6.07, 6.45) is 0. The van der Waals surface area contributed by atoms with Gasteiger partial charge >= 0.3 is 50.2 Å². The van der Waals surface area contributed by atoms with Crippen LogP contribution in [0, 0.1) is 0 Å². The molecule has 0 N–H and O–H groups in total. The van der Waals surface area contributed by atoms with Crippen LogP contribution in [0.4, 0.5) is 25.2 Å². The smallest absolute Gasteiger partial charge is 0.749 e. The van der Waals surface area contributed by atoms with Gasteiger partial charge < -0.3 is 14.7 Å². The van der Waals surface area contributed by atoms with Gasteiger partial charge in [0.15, 0.2) is 0 Å². The molecule has 0 aliphatic rings. The van der Waals surface area contributed by atoms with Gasteiger partial charge in [-0.05, 0) is 0 Å². The van der Waals surface area contributed by atoms with Crippen LogP contribution in [0.5, 0.6) is 0 Å². The Hall–Kier alpha value is 1.03. The molecule has 0 aromatic carbocycles. The zero-order chi connectivity index (χ0) is 13.5. The van der Waals surface area contributed by atoms with E-state index in [1.54, 1.807) is 0 Å². The third-order valence-electron chi connectivity index (χ3n) is 0. The van der Waals surface area contributed by atoms with Gasteiger partial charge in [-0.2, -0.15) is 25.2 Å². The first-order chi connectivity index (χ1) is 6.00. The summed E-state index contributed by atoms with van der Waals surface area (Å²) >= 11 is 0. The van der Waals surface area contributed by atoms with Crippen LogP contribution >= 0.6 is 24.0 Å². The normalized spacial score (nSPS) is 11.1. The van der Waals surface area contributed by atoms with Crippen LogP contribution in [0.25, 0.3) is 0 Å². The van der Waals surface area contributed by atoms with E-state index in [4.69, 9.17) is 28.4 Å². The number of hydrogen-bond acceptors (Lipinski definition) is 6. The minimum atomic E-state index is -5.89. The molecule has 0 rings (SSSR count). The van der Waals surface area contributed by atoms with Gasteiger partial charge in [-0.15, -0.1) is 0 Å². The van der Waals surface area contributed by atoms with E-state index in [0.29, 0.717) is 0 Å². The topological polar surface area (TPSA) is 120 Å². The molecular weight excluding hydrogens is 512 g/mol. The largest absolute Gasteiger partial charge is 3.00 e. The summed E-state index contributed by atoms with van der Waals surface area (Å²) in [5.41, 5.74) is 0. The number of hydrogen-bond donors (Lipinski definition) is 0. The molecule has 0 amide bonds. The third kappa shape index (κ3) is 2770. The van der Waals surface area contributed by atoms with E-state index in [-0.39, 0.29) is 26.2 Å². The molecule has 0 unspecified atom stereocenters. The van der Waals surface area contributed by atoms with Gasteiger partial charge in [-0.25, -0.2) is 0 Å². The SMILES string of the molecule is O=P([O-])(F)F.O=P([O-])(F)F.O=P([O-])(F)F.[Bi+3]. The molecule has 6 nitrogen and oxygen atoms in total. The monoisotopic (exact) mass is 512 g/mol. The molecule has 0 bridgehead atoms. The van der Waals surface area contributed by atoms with Crippen molar-refractivity contribution in [3.8, 4) is 0 Å². The molecule has 0 atom stereocenters. The summed E-state index contributed by atoms with van der Waals surface area (Å²) in [6, 6.07) is 0. The molecule has 0 saturated heterocycles. The van der Waals surface area contributed by atoms with Crippen LogP contribution in [0.1, 0.15) is 0 Å². The molecule has 2 radical (unpaired) electrons. The molecule has 0 spiro atoms. The van der Waals surface area contributed by atoms with Crippen LogP contribution in [0.3, 0.4) is 0 Å². The second kappa shape index (κ2) is 10.0. The molecule has 0 aliphatic carbocycles. The van der Waals surface area contributed by atoms with Gasteiger partial charge in [0, 0.05) is 0 Å². The standard InChI is InChI=1S/Bi.3F2HO2P/c;3*1-5(2,3)4/h;3*(H,3,4)/q+3;;;/p-3. The predicted molar refractivity (Wildman–Crippen MR) is 35.2 cm³/mol. The summed E-state index contributed by atoms with van der Waals surface area (Å²) in [7, 11) is -17.7. The second-order valence-corrected chi connectivity index (χ2v) is 3.73. The molecule has 98 valence electrons. The molecule has 0 saturated carbocycles. The zero-order valence-corrected chi connectivity index (χ0v) is 12.7.